The first-order chi connectivity index (χ1) is 15.1. The molecule has 2 aromatic heterocycles. The fourth-order valence-electron chi connectivity index (χ4n) is 3.32. The predicted molar refractivity (Wildman–Crippen MR) is 120 cm³/mol. The topological polar surface area (TPSA) is 61.2 Å². The molecule has 0 bridgehead atoms. The Hall–Kier alpha value is -3.39. The number of ether oxygens (including phenoxy) is 2. The van der Waals surface area contributed by atoms with E-state index >= 15 is 0 Å². The Labute approximate surface area is 184 Å². The smallest absolute Gasteiger partial charge is 0.183 e. The molecule has 1 N–H and O–H groups in total. The Balaban J connectivity index is 1.47. The zero-order valence-electron chi connectivity index (χ0n) is 17.6. The highest BCUT2D eigenvalue weighted by atomic mass is 32.1. The van der Waals surface area contributed by atoms with Gasteiger partial charge in [-0.3, -0.25) is 4.68 Å². The average Bonchev–Trinajstić information content (AvgIpc) is 3.39. The molecule has 0 saturated carbocycles. The van der Waals surface area contributed by atoms with Gasteiger partial charge in [0.25, 0.3) is 0 Å². The molecule has 160 valence electrons. The lowest BCUT2D eigenvalue weighted by atomic mass is 10.2. The van der Waals surface area contributed by atoms with Gasteiger partial charge in [-0.05, 0) is 36.8 Å². The van der Waals surface area contributed by atoms with E-state index in [1.165, 1.54) is 12.1 Å². The van der Waals surface area contributed by atoms with E-state index in [2.05, 4.69) is 15.4 Å². The Morgan fingerprint density at radius 2 is 1.87 bits per heavy atom. The van der Waals surface area contributed by atoms with Gasteiger partial charge in [-0.2, -0.15) is 5.10 Å². The first-order valence-corrected chi connectivity index (χ1v) is 10.6. The lowest BCUT2D eigenvalue weighted by molar-refractivity contribution is 0.352. The van der Waals surface area contributed by atoms with Crippen molar-refractivity contribution < 1.29 is 13.9 Å². The number of para-hydroxylation sites is 1. The highest BCUT2D eigenvalue weighted by Gasteiger charge is 2.14. The maximum atomic E-state index is 13.1. The van der Waals surface area contributed by atoms with E-state index in [1.807, 2.05) is 42.1 Å². The number of nitrogens with zero attached hydrogens (tertiary/aromatic N) is 3. The second kappa shape index (κ2) is 9.18. The third-order valence-corrected chi connectivity index (χ3v) is 5.98. The summed E-state index contributed by atoms with van der Waals surface area (Å²) in [7, 11) is 3.26. The number of rotatable bonds is 8. The van der Waals surface area contributed by atoms with Crippen LogP contribution in [-0.4, -0.2) is 29.0 Å². The number of nitrogens with one attached hydrogen (secondary N) is 1. The largest absolute Gasteiger partial charge is 0.493 e. The van der Waals surface area contributed by atoms with Gasteiger partial charge in [-0.15, -0.1) is 0 Å². The molecule has 0 saturated heterocycles. The molecule has 4 aromatic rings. The number of methoxy groups -OCH3 is 2. The highest BCUT2D eigenvalue weighted by molar-refractivity contribution is 7.19. The summed E-state index contributed by atoms with van der Waals surface area (Å²) >= 11 is 1.56. The normalized spacial score (nSPS) is 10.8. The lowest BCUT2D eigenvalue weighted by Crippen LogP contribution is -2.02. The summed E-state index contributed by atoms with van der Waals surface area (Å²) in [6.45, 7) is 3.12. The van der Waals surface area contributed by atoms with E-state index in [1.54, 1.807) is 37.7 Å². The Bertz CT molecular complexity index is 1170. The monoisotopic (exact) mass is 438 g/mol. The van der Waals surface area contributed by atoms with Gasteiger partial charge in [-0.1, -0.05) is 35.6 Å². The van der Waals surface area contributed by atoms with Gasteiger partial charge < -0.3 is 14.8 Å². The van der Waals surface area contributed by atoms with Crippen molar-refractivity contribution >= 4 is 16.5 Å². The third-order valence-electron chi connectivity index (χ3n) is 4.84. The zero-order valence-corrected chi connectivity index (χ0v) is 18.4. The standard InChI is InChI=1S/C23H23FN4O2S/c1-15-22(19-11-12-28(27-19)14-16-7-9-18(24)10-8-16)31-23(26-15)25-13-17-5-4-6-20(29-2)21(17)30-3/h4-12H,13-14H2,1-3H3,(H,25,26). The summed E-state index contributed by atoms with van der Waals surface area (Å²) in [5.74, 6) is 1.17. The molecule has 4 rings (SSSR count). The summed E-state index contributed by atoms with van der Waals surface area (Å²) in [4.78, 5) is 5.66. The molecule has 0 amide bonds. The number of aryl methyl sites for hydroxylation is 1. The van der Waals surface area contributed by atoms with Gasteiger partial charge >= 0.3 is 0 Å². The highest BCUT2D eigenvalue weighted by Crippen LogP contribution is 2.34. The molecular weight excluding hydrogens is 415 g/mol. The Morgan fingerprint density at radius 1 is 1.06 bits per heavy atom. The first-order valence-electron chi connectivity index (χ1n) is 9.77. The molecule has 0 spiro atoms. The average molecular weight is 439 g/mol. The second-order valence-electron chi connectivity index (χ2n) is 6.96. The van der Waals surface area contributed by atoms with Gasteiger partial charge in [-0.25, -0.2) is 9.37 Å². The molecule has 2 aromatic carbocycles. The van der Waals surface area contributed by atoms with Crippen molar-refractivity contribution in [3.63, 3.8) is 0 Å². The molecule has 31 heavy (non-hydrogen) atoms. The Morgan fingerprint density at radius 3 is 2.61 bits per heavy atom. The van der Waals surface area contributed by atoms with Crippen molar-refractivity contribution in [3.05, 3.63) is 77.4 Å². The Kier molecular flexibility index (Phi) is 6.18. The number of aromatic nitrogens is 3. The molecular formula is C23H23FN4O2S. The molecule has 0 atom stereocenters. The fraction of sp³-hybridized carbons (Fsp3) is 0.217. The number of anilines is 1. The van der Waals surface area contributed by atoms with Crippen LogP contribution < -0.4 is 14.8 Å². The number of hydrogen-bond donors (Lipinski definition) is 1. The van der Waals surface area contributed by atoms with Gasteiger partial charge in [0.1, 0.15) is 11.5 Å². The van der Waals surface area contributed by atoms with E-state index in [9.17, 15) is 4.39 Å². The maximum absolute atomic E-state index is 13.1. The number of thiazole rings is 1. The van der Waals surface area contributed by atoms with Crippen molar-refractivity contribution in [2.75, 3.05) is 19.5 Å². The van der Waals surface area contributed by atoms with Crippen molar-refractivity contribution in [2.24, 2.45) is 0 Å². The second-order valence-corrected chi connectivity index (χ2v) is 7.96. The van der Waals surface area contributed by atoms with Crippen molar-refractivity contribution in [2.45, 2.75) is 20.0 Å². The van der Waals surface area contributed by atoms with Crippen LogP contribution in [0.25, 0.3) is 10.6 Å². The van der Waals surface area contributed by atoms with Crippen LogP contribution in [0.2, 0.25) is 0 Å². The number of halogens is 1. The van der Waals surface area contributed by atoms with Crippen LogP contribution in [0.5, 0.6) is 11.5 Å². The van der Waals surface area contributed by atoms with E-state index in [-0.39, 0.29) is 5.82 Å². The van der Waals surface area contributed by atoms with E-state index in [4.69, 9.17) is 9.47 Å². The molecule has 8 heteroatoms. The molecule has 6 nitrogen and oxygen atoms in total. The summed E-state index contributed by atoms with van der Waals surface area (Å²) in [5, 5.41) is 8.85. The van der Waals surface area contributed by atoms with Crippen LogP contribution in [0.15, 0.2) is 54.7 Å². The first kappa shape index (κ1) is 20.9. The van der Waals surface area contributed by atoms with Crippen LogP contribution in [0, 0.1) is 12.7 Å². The molecule has 2 heterocycles. The van der Waals surface area contributed by atoms with Crippen molar-refractivity contribution in [1.82, 2.24) is 14.8 Å². The summed E-state index contributed by atoms with van der Waals surface area (Å²) in [5.41, 5.74) is 3.76. The summed E-state index contributed by atoms with van der Waals surface area (Å²) in [6.07, 6.45) is 1.92. The maximum Gasteiger partial charge on any atom is 0.183 e. The van der Waals surface area contributed by atoms with Gasteiger partial charge in [0.2, 0.25) is 0 Å². The van der Waals surface area contributed by atoms with E-state index < -0.39 is 0 Å². The molecule has 0 aliphatic heterocycles. The van der Waals surface area contributed by atoms with Gasteiger partial charge in [0.15, 0.2) is 16.6 Å². The van der Waals surface area contributed by atoms with Crippen molar-refractivity contribution in [1.29, 1.82) is 0 Å². The predicted octanol–water partition coefficient (Wildman–Crippen LogP) is 5.13. The third kappa shape index (κ3) is 4.69. The van der Waals surface area contributed by atoms with E-state index in [0.29, 0.717) is 24.6 Å². The fourth-order valence-corrected chi connectivity index (χ4v) is 4.25. The van der Waals surface area contributed by atoms with Crippen molar-refractivity contribution in [3.8, 4) is 22.1 Å². The number of benzene rings is 2. The quantitative estimate of drug-likeness (QED) is 0.413. The van der Waals surface area contributed by atoms with Crippen LogP contribution in [0.4, 0.5) is 9.52 Å². The van der Waals surface area contributed by atoms with Crippen LogP contribution in [0.1, 0.15) is 16.8 Å². The molecule has 0 radical (unpaired) electrons. The minimum absolute atomic E-state index is 0.239. The van der Waals surface area contributed by atoms with E-state index in [0.717, 1.165) is 32.5 Å². The molecule has 0 aliphatic carbocycles. The van der Waals surface area contributed by atoms with Gasteiger partial charge in [0.05, 0.1) is 31.3 Å². The van der Waals surface area contributed by atoms with Crippen LogP contribution >= 0.6 is 11.3 Å². The summed E-state index contributed by atoms with van der Waals surface area (Å²) < 4.78 is 25.8. The minimum Gasteiger partial charge on any atom is -0.493 e. The molecule has 0 unspecified atom stereocenters. The van der Waals surface area contributed by atoms with Crippen LogP contribution in [0.3, 0.4) is 0 Å². The zero-order chi connectivity index (χ0) is 21.8. The molecule has 0 aliphatic rings. The van der Waals surface area contributed by atoms with Gasteiger partial charge in [0, 0.05) is 18.3 Å². The summed E-state index contributed by atoms with van der Waals surface area (Å²) in [6, 6.07) is 14.2. The number of hydrogen-bond acceptors (Lipinski definition) is 6. The van der Waals surface area contributed by atoms with Crippen LogP contribution in [-0.2, 0) is 13.1 Å². The SMILES string of the molecule is COc1cccc(CNc2nc(C)c(-c3ccn(Cc4ccc(F)cc4)n3)s2)c1OC. The lowest BCUT2D eigenvalue weighted by Gasteiger charge is -2.12. The minimum atomic E-state index is -0.239. The molecule has 0 fully saturated rings.